The molecule has 108 valence electrons. The van der Waals surface area contributed by atoms with Crippen molar-refractivity contribution < 1.29 is 17.9 Å². The fourth-order valence-corrected chi connectivity index (χ4v) is 2.37. The quantitative estimate of drug-likeness (QED) is 0.917. The summed E-state index contributed by atoms with van der Waals surface area (Å²) < 4.78 is 44.8. The molecule has 0 saturated heterocycles. The van der Waals surface area contributed by atoms with Crippen LogP contribution in [0, 0.1) is 0 Å². The average molecular weight is 286 g/mol. The minimum absolute atomic E-state index is 0.109. The lowest BCUT2D eigenvalue weighted by atomic mass is 10.2. The first kappa shape index (κ1) is 13.2. The van der Waals surface area contributed by atoms with Crippen molar-refractivity contribution >= 4 is 5.52 Å². The zero-order valence-corrected chi connectivity index (χ0v) is 10.5. The maximum absolute atomic E-state index is 12.7. The number of ether oxygens (including phenoxy) is 1. The molecule has 5 nitrogen and oxygen atoms in total. The first-order valence-electron chi connectivity index (χ1n) is 6.29. The van der Waals surface area contributed by atoms with E-state index < -0.39 is 11.9 Å². The second kappa shape index (κ2) is 4.62. The number of alkyl halides is 3. The predicted molar refractivity (Wildman–Crippen MR) is 64.2 cm³/mol. The Morgan fingerprint density at radius 1 is 1.35 bits per heavy atom. The van der Waals surface area contributed by atoms with Gasteiger partial charge in [0.05, 0.1) is 0 Å². The van der Waals surface area contributed by atoms with Crippen LogP contribution >= 0.6 is 0 Å². The molecule has 2 aromatic heterocycles. The summed E-state index contributed by atoms with van der Waals surface area (Å²) in [6.45, 7) is 0. The molecule has 0 bridgehead atoms. The molecule has 8 heteroatoms. The third-order valence-corrected chi connectivity index (χ3v) is 3.41. The topological polar surface area (TPSA) is 65.4 Å². The van der Waals surface area contributed by atoms with Crippen molar-refractivity contribution in [1.82, 2.24) is 14.6 Å². The molecular weight excluding hydrogens is 273 g/mol. The van der Waals surface area contributed by atoms with E-state index in [4.69, 9.17) is 10.5 Å². The molecule has 1 aliphatic rings. The number of nitrogens with zero attached hydrogens (tertiary/aromatic N) is 3. The van der Waals surface area contributed by atoms with Crippen molar-refractivity contribution in [2.24, 2.45) is 5.73 Å². The molecule has 2 atom stereocenters. The van der Waals surface area contributed by atoms with E-state index >= 15 is 0 Å². The molecule has 2 heterocycles. The van der Waals surface area contributed by atoms with Crippen molar-refractivity contribution in [3.05, 3.63) is 24.2 Å². The van der Waals surface area contributed by atoms with Gasteiger partial charge in [0.2, 0.25) is 5.88 Å². The smallest absolute Gasteiger partial charge is 0.435 e. The number of rotatable bonds is 2. The van der Waals surface area contributed by atoms with Crippen molar-refractivity contribution in [3.63, 3.8) is 0 Å². The van der Waals surface area contributed by atoms with E-state index in [2.05, 4.69) is 10.1 Å². The Morgan fingerprint density at radius 2 is 2.15 bits per heavy atom. The predicted octanol–water partition coefficient (Wildman–Crippen LogP) is 2.01. The zero-order valence-electron chi connectivity index (χ0n) is 10.5. The van der Waals surface area contributed by atoms with Gasteiger partial charge in [0.15, 0.2) is 5.69 Å². The summed E-state index contributed by atoms with van der Waals surface area (Å²) in [5.41, 5.74) is 5.12. The van der Waals surface area contributed by atoms with Crippen molar-refractivity contribution in [3.8, 4) is 5.88 Å². The van der Waals surface area contributed by atoms with Crippen molar-refractivity contribution in [2.75, 3.05) is 0 Å². The molecule has 0 amide bonds. The first-order valence-corrected chi connectivity index (χ1v) is 6.29. The van der Waals surface area contributed by atoms with Crippen LogP contribution in [0.5, 0.6) is 5.88 Å². The number of nitrogens with two attached hydrogens (primary N) is 1. The number of aromatic nitrogens is 3. The van der Waals surface area contributed by atoms with Gasteiger partial charge in [-0.1, -0.05) is 0 Å². The lowest BCUT2D eigenvalue weighted by Crippen LogP contribution is -2.33. The Bertz CT molecular complexity index is 625. The van der Waals surface area contributed by atoms with Gasteiger partial charge in [-0.15, -0.1) is 0 Å². The van der Waals surface area contributed by atoms with Crippen LogP contribution in [0.3, 0.4) is 0 Å². The summed E-state index contributed by atoms with van der Waals surface area (Å²) in [6.07, 6.45) is 0.583. The fraction of sp³-hybridized carbons (Fsp3) is 0.500. The van der Waals surface area contributed by atoms with E-state index in [0.717, 1.165) is 29.8 Å². The Labute approximate surface area is 112 Å². The molecule has 0 spiro atoms. The minimum atomic E-state index is -4.49. The largest absolute Gasteiger partial charge is 0.471 e. The third-order valence-electron chi connectivity index (χ3n) is 3.41. The number of halogens is 3. The third kappa shape index (κ3) is 2.31. The maximum atomic E-state index is 12.7. The van der Waals surface area contributed by atoms with E-state index in [1.165, 1.54) is 12.4 Å². The molecular formula is C12H13F3N4O. The van der Waals surface area contributed by atoms with Crippen LogP contribution in [-0.2, 0) is 6.18 Å². The van der Waals surface area contributed by atoms with Gasteiger partial charge in [-0.3, -0.25) is 0 Å². The molecule has 2 aromatic rings. The molecule has 3 rings (SSSR count). The highest BCUT2D eigenvalue weighted by Gasteiger charge is 2.35. The van der Waals surface area contributed by atoms with E-state index in [1.54, 1.807) is 0 Å². The van der Waals surface area contributed by atoms with Gasteiger partial charge in [0.1, 0.15) is 11.6 Å². The highest BCUT2D eigenvalue weighted by molar-refractivity contribution is 5.57. The molecule has 2 unspecified atom stereocenters. The lowest BCUT2D eigenvalue weighted by molar-refractivity contribution is -0.141. The summed E-state index contributed by atoms with van der Waals surface area (Å²) in [7, 11) is 0. The fourth-order valence-electron chi connectivity index (χ4n) is 2.37. The van der Waals surface area contributed by atoms with Gasteiger partial charge in [-0.05, 0) is 19.3 Å². The van der Waals surface area contributed by atoms with E-state index in [9.17, 15) is 13.2 Å². The molecule has 1 fully saturated rings. The van der Waals surface area contributed by atoms with E-state index in [1.807, 2.05) is 0 Å². The summed E-state index contributed by atoms with van der Waals surface area (Å²) in [4.78, 5) is 3.99. The van der Waals surface area contributed by atoms with Gasteiger partial charge in [-0.2, -0.15) is 18.3 Å². The number of hydrogen-bond acceptors (Lipinski definition) is 4. The molecule has 0 aliphatic heterocycles. The normalized spacial score (nSPS) is 23.4. The Morgan fingerprint density at radius 3 is 2.80 bits per heavy atom. The van der Waals surface area contributed by atoms with Crippen molar-refractivity contribution in [2.45, 2.75) is 37.6 Å². The molecule has 20 heavy (non-hydrogen) atoms. The van der Waals surface area contributed by atoms with Crippen LogP contribution in [0.2, 0.25) is 0 Å². The van der Waals surface area contributed by atoms with Crippen LogP contribution in [0.25, 0.3) is 5.52 Å². The molecule has 2 N–H and O–H groups in total. The molecule has 0 radical (unpaired) electrons. The number of hydrogen-bond donors (Lipinski definition) is 1. The minimum Gasteiger partial charge on any atom is -0.471 e. The summed E-state index contributed by atoms with van der Waals surface area (Å²) in [5, 5.41) is 3.48. The monoisotopic (exact) mass is 286 g/mol. The van der Waals surface area contributed by atoms with Crippen LogP contribution in [-0.4, -0.2) is 26.7 Å². The van der Waals surface area contributed by atoms with Crippen LogP contribution < -0.4 is 10.5 Å². The van der Waals surface area contributed by atoms with Crippen LogP contribution in [0.4, 0.5) is 13.2 Å². The highest BCUT2D eigenvalue weighted by atomic mass is 19.4. The second-order valence-electron chi connectivity index (χ2n) is 4.84. The van der Waals surface area contributed by atoms with Gasteiger partial charge in [0.25, 0.3) is 0 Å². The van der Waals surface area contributed by atoms with Crippen molar-refractivity contribution in [1.29, 1.82) is 0 Å². The summed E-state index contributed by atoms with van der Waals surface area (Å²) in [5.74, 6) is 0.137. The lowest BCUT2D eigenvalue weighted by Gasteiger charge is -2.17. The first-order chi connectivity index (χ1) is 9.45. The standard InChI is InChI=1S/C12H13F3N4O/c13-12(14,15)10-6-8-11(17-4-5-19(8)18-10)20-9-3-1-2-7(9)16/h4-7,9H,1-3,16H2. The Balaban J connectivity index is 1.96. The Kier molecular flexibility index (Phi) is 3.04. The maximum Gasteiger partial charge on any atom is 0.435 e. The summed E-state index contributed by atoms with van der Waals surface area (Å²) in [6, 6.07) is 0.824. The second-order valence-corrected chi connectivity index (χ2v) is 4.84. The van der Waals surface area contributed by atoms with E-state index in [0.29, 0.717) is 0 Å². The van der Waals surface area contributed by atoms with Gasteiger partial charge >= 0.3 is 6.18 Å². The van der Waals surface area contributed by atoms with E-state index in [-0.39, 0.29) is 23.5 Å². The number of fused-ring (bicyclic) bond motifs is 1. The molecule has 0 aromatic carbocycles. The zero-order chi connectivity index (χ0) is 14.3. The molecule has 1 saturated carbocycles. The van der Waals surface area contributed by atoms with Gasteiger partial charge in [0, 0.05) is 24.5 Å². The van der Waals surface area contributed by atoms with Crippen LogP contribution in [0.15, 0.2) is 18.5 Å². The van der Waals surface area contributed by atoms with Crippen LogP contribution in [0.1, 0.15) is 25.0 Å². The average Bonchev–Trinajstić information content (AvgIpc) is 2.96. The molecule has 1 aliphatic carbocycles. The van der Waals surface area contributed by atoms with Gasteiger partial charge in [-0.25, -0.2) is 9.50 Å². The Hall–Kier alpha value is -1.83. The highest BCUT2D eigenvalue weighted by Crippen LogP contribution is 2.31. The summed E-state index contributed by atoms with van der Waals surface area (Å²) >= 11 is 0. The van der Waals surface area contributed by atoms with Gasteiger partial charge < -0.3 is 10.5 Å². The SMILES string of the molecule is NC1CCCC1Oc1nccn2nc(C(F)(F)F)cc12.